The van der Waals surface area contributed by atoms with E-state index in [0.29, 0.717) is 16.3 Å². The number of hydrazone groups is 1. The third-order valence-electron chi connectivity index (χ3n) is 4.41. The Bertz CT molecular complexity index is 794. The van der Waals surface area contributed by atoms with Gasteiger partial charge in [-0.15, -0.1) is 11.3 Å². The Morgan fingerprint density at radius 2 is 1.89 bits per heavy atom. The van der Waals surface area contributed by atoms with E-state index in [4.69, 9.17) is 4.74 Å². The van der Waals surface area contributed by atoms with E-state index in [1.807, 2.05) is 35.4 Å². The molecule has 2 amide bonds. The molecule has 0 bridgehead atoms. The molecular weight excluding hydrogens is 362 g/mol. The van der Waals surface area contributed by atoms with E-state index in [1.54, 1.807) is 18.2 Å². The molecule has 3 rings (SSSR count). The van der Waals surface area contributed by atoms with Crippen LogP contribution in [0.3, 0.4) is 0 Å². The minimum atomic E-state index is -0.222. The van der Waals surface area contributed by atoms with Crippen LogP contribution in [0.15, 0.2) is 46.9 Å². The van der Waals surface area contributed by atoms with Crippen LogP contribution in [0.2, 0.25) is 0 Å². The summed E-state index contributed by atoms with van der Waals surface area (Å²) >= 11 is 1.37. The largest absolute Gasteiger partial charge is 0.484 e. The molecule has 0 unspecified atom stereocenters. The van der Waals surface area contributed by atoms with Crippen molar-refractivity contribution < 1.29 is 14.3 Å². The van der Waals surface area contributed by atoms with Crippen molar-refractivity contribution in [3.63, 3.8) is 0 Å². The van der Waals surface area contributed by atoms with Crippen molar-refractivity contribution in [3.8, 4) is 5.75 Å². The Kier molecular flexibility index (Phi) is 6.59. The number of carbonyl (C=O) groups is 2. The molecule has 142 valence electrons. The van der Waals surface area contributed by atoms with Gasteiger partial charge in [-0.3, -0.25) is 9.59 Å². The van der Waals surface area contributed by atoms with Crippen LogP contribution in [0, 0.1) is 0 Å². The Morgan fingerprint density at radius 3 is 2.56 bits per heavy atom. The quantitative estimate of drug-likeness (QED) is 0.613. The number of piperidine rings is 1. The van der Waals surface area contributed by atoms with Gasteiger partial charge < -0.3 is 9.64 Å². The SMILES string of the molecule is C/C(=N/NC(=O)c1cccs1)c1ccc(OCC(=O)N2CCCCC2)cc1. The number of carbonyl (C=O) groups excluding carboxylic acids is 2. The number of benzene rings is 1. The lowest BCUT2D eigenvalue weighted by molar-refractivity contribution is -0.134. The lowest BCUT2D eigenvalue weighted by atomic mass is 10.1. The van der Waals surface area contributed by atoms with E-state index < -0.39 is 0 Å². The fourth-order valence-electron chi connectivity index (χ4n) is 2.83. The summed E-state index contributed by atoms with van der Waals surface area (Å²) in [6.07, 6.45) is 3.34. The van der Waals surface area contributed by atoms with Crippen LogP contribution in [0.1, 0.15) is 41.4 Å². The number of nitrogens with zero attached hydrogens (tertiary/aromatic N) is 2. The first-order valence-corrected chi connectivity index (χ1v) is 9.90. The first kappa shape index (κ1) is 19.1. The van der Waals surface area contributed by atoms with E-state index in [1.165, 1.54) is 17.8 Å². The average molecular weight is 385 g/mol. The van der Waals surface area contributed by atoms with Gasteiger partial charge in [0.2, 0.25) is 0 Å². The van der Waals surface area contributed by atoms with Crippen molar-refractivity contribution in [3.05, 3.63) is 52.2 Å². The highest BCUT2D eigenvalue weighted by Crippen LogP contribution is 2.14. The van der Waals surface area contributed by atoms with Gasteiger partial charge in [0.15, 0.2) is 6.61 Å². The Morgan fingerprint density at radius 1 is 1.15 bits per heavy atom. The van der Waals surface area contributed by atoms with Gasteiger partial charge in [-0.2, -0.15) is 5.10 Å². The van der Waals surface area contributed by atoms with Crippen LogP contribution in [-0.2, 0) is 4.79 Å². The maximum Gasteiger partial charge on any atom is 0.281 e. The summed E-state index contributed by atoms with van der Waals surface area (Å²) in [6.45, 7) is 3.54. The summed E-state index contributed by atoms with van der Waals surface area (Å²) in [5.41, 5.74) is 4.11. The zero-order valence-electron chi connectivity index (χ0n) is 15.3. The molecule has 1 aliphatic rings. The minimum Gasteiger partial charge on any atom is -0.484 e. The number of rotatable bonds is 6. The van der Waals surface area contributed by atoms with Gasteiger partial charge in [-0.25, -0.2) is 5.43 Å². The second-order valence-corrected chi connectivity index (χ2v) is 7.32. The molecule has 0 spiro atoms. The summed E-state index contributed by atoms with van der Waals surface area (Å²) < 4.78 is 5.60. The van der Waals surface area contributed by atoms with Crippen molar-refractivity contribution >= 4 is 28.9 Å². The van der Waals surface area contributed by atoms with E-state index in [0.717, 1.165) is 31.5 Å². The summed E-state index contributed by atoms with van der Waals surface area (Å²) in [6, 6.07) is 10.9. The molecule has 6 nitrogen and oxygen atoms in total. The fourth-order valence-corrected chi connectivity index (χ4v) is 3.45. The number of ether oxygens (including phenoxy) is 1. The number of hydrogen-bond acceptors (Lipinski definition) is 5. The summed E-state index contributed by atoms with van der Waals surface area (Å²) in [5.74, 6) is 0.452. The number of amides is 2. The second kappa shape index (κ2) is 9.32. The number of hydrogen-bond donors (Lipinski definition) is 1. The van der Waals surface area contributed by atoms with Gasteiger partial charge in [0.25, 0.3) is 11.8 Å². The Labute approximate surface area is 162 Å². The normalized spacial score (nSPS) is 14.7. The molecule has 2 heterocycles. The standard InChI is InChI=1S/C20H23N3O3S/c1-15(21-22-20(25)18-6-5-13-27-18)16-7-9-17(10-8-16)26-14-19(24)23-11-3-2-4-12-23/h5-10,13H,2-4,11-12,14H2,1H3,(H,22,25)/b21-15-. The van der Waals surface area contributed by atoms with Crippen LogP contribution < -0.4 is 10.2 Å². The van der Waals surface area contributed by atoms with Gasteiger partial charge in [-0.05, 0) is 67.5 Å². The van der Waals surface area contributed by atoms with Crippen LogP contribution in [0.4, 0.5) is 0 Å². The monoisotopic (exact) mass is 385 g/mol. The predicted octanol–water partition coefficient (Wildman–Crippen LogP) is 3.29. The lowest BCUT2D eigenvalue weighted by Gasteiger charge is -2.26. The fraction of sp³-hybridized carbons (Fsp3) is 0.350. The molecule has 1 aromatic heterocycles. The zero-order valence-corrected chi connectivity index (χ0v) is 16.1. The van der Waals surface area contributed by atoms with Gasteiger partial charge in [-0.1, -0.05) is 6.07 Å². The highest BCUT2D eigenvalue weighted by atomic mass is 32.1. The first-order chi connectivity index (χ1) is 13.1. The topological polar surface area (TPSA) is 71.0 Å². The summed E-state index contributed by atoms with van der Waals surface area (Å²) in [4.78, 5) is 26.5. The number of likely N-dealkylation sites (tertiary alicyclic amines) is 1. The summed E-state index contributed by atoms with van der Waals surface area (Å²) in [5, 5.41) is 5.98. The number of nitrogens with one attached hydrogen (secondary N) is 1. The molecule has 1 N–H and O–H groups in total. The Hall–Kier alpha value is -2.67. The van der Waals surface area contributed by atoms with Crippen molar-refractivity contribution in [2.24, 2.45) is 5.10 Å². The Balaban J connectivity index is 1.50. The second-order valence-electron chi connectivity index (χ2n) is 6.37. The average Bonchev–Trinajstić information content (AvgIpc) is 3.26. The number of thiophene rings is 1. The highest BCUT2D eigenvalue weighted by Gasteiger charge is 2.16. The van der Waals surface area contributed by atoms with Gasteiger partial charge in [0.05, 0.1) is 10.6 Å². The van der Waals surface area contributed by atoms with E-state index in [-0.39, 0.29) is 18.4 Å². The molecule has 1 fully saturated rings. The minimum absolute atomic E-state index is 0.0350. The third-order valence-corrected chi connectivity index (χ3v) is 5.28. The van der Waals surface area contributed by atoms with Gasteiger partial charge in [0.1, 0.15) is 5.75 Å². The van der Waals surface area contributed by atoms with E-state index >= 15 is 0 Å². The molecule has 27 heavy (non-hydrogen) atoms. The molecule has 1 saturated heterocycles. The van der Waals surface area contributed by atoms with Crippen molar-refractivity contribution in [2.45, 2.75) is 26.2 Å². The summed E-state index contributed by atoms with van der Waals surface area (Å²) in [7, 11) is 0. The van der Waals surface area contributed by atoms with Crippen LogP contribution in [-0.4, -0.2) is 42.1 Å². The predicted molar refractivity (Wildman–Crippen MR) is 106 cm³/mol. The van der Waals surface area contributed by atoms with Crippen LogP contribution >= 0.6 is 11.3 Å². The molecule has 1 aliphatic heterocycles. The highest BCUT2D eigenvalue weighted by molar-refractivity contribution is 7.12. The van der Waals surface area contributed by atoms with E-state index in [2.05, 4.69) is 10.5 Å². The third kappa shape index (κ3) is 5.40. The van der Waals surface area contributed by atoms with Crippen molar-refractivity contribution in [2.75, 3.05) is 19.7 Å². The molecule has 0 atom stereocenters. The molecular formula is C20H23N3O3S. The van der Waals surface area contributed by atoms with Crippen molar-refractivity contribution in [1.29, 1.82) is 0 Å². The molecule has 2 aromatic rings. The van der Waals surface area contributed by atoms with Crippen LogP contribution in [0.5, 0.6) is 5.75 Å². The van der Waals surface area contributed by atoms with Gasteiger partial charge in [0, 0.05) is 13.1 Å². The molecule has 0 saturated carbocycles. The maximum atomic E-state index is 12.1. The maximum absolute atomic E-state index is 12.1. The molecule has 0 radical (unpaired) electrons. The zero-order chi connectivity index (χ0) is 19.1. The van der Waals surface area contributed by atoms with E-state index in [9.17, 15) is 9.59 Å². The molecule has 7 heteroatoms. The first-order valence-electron chi connectivity index (χ1n) is 9.02. The smallest absolute Gasteiger partial charge is 0.281 e. The van der Waals surface area contributed by atoms with Gasteiger partial charge >= 0.3 is 0 Å². The van der Waals surface area contributed by atoms with Crippen molar-refractivity contribution in [1.82, 2.24) is 10.3 Å². The molecule has 1 aromatic carbocycles. The van der Waals surface area contributed by atoms with Crippen LogP contribution in [0.25, 0.3) is 0 Å². The molecule has 0 aliphatic carbocycles. The lowest BCUT2D eigenvalue weighted by Crippen LogP contribution is -2.38.